The van der Waals surface area contributed by atoms with Gasteiger partial charge >= 0.3 is 5.69 Å². The Bertz CT molecular complexity index is 403. The zero-order chi connectivity index (χ0) is 10.0. The average molecular weight is 183 g/mol. The van der Waals surface area contributed by atoms with Gasteiger partial charge in [-0.15, -0.1) is 0 Å². The van der Waals surface area contributed by atoms with Crippen LogP contribution < -0.4 is 17.0 Å². The van der Waals surface area contributed by atoms with Gasteiger partial charge in [0.2, 0.25) is 0 Å². The standard InChI is InChI=1S/C8H13N3O2/c1-3-6-4-11(5(2)9)8(13)10-7(6)12/h4-5H,3,9H2,1-2H3,(H,10,12,13). The third-order valence-corrected chi connectivity index (χ3v) is 1.86. The number of aryl methyl sites for hydroxylation is 1. The van der Waals surface area contributed by atoms with Gasteiger partial charge in [0.15, 0.2) is 0 Å². The monoisotopic (exact) mass is 183 g/mol. The molecule has 0 fully saturated rings. The van der Waals surface area contributed by atoms with Crippen LogP contribution in [0.5, 0.6) is 0 Å². The van der Waals surface area contributed by atoms with E-state index in [2.05, 4.69) is 4.98 Å². The van der Waals surface area contributed by atoms with Crippen LogP contribution >= 0.6 is 0 Å². The quantitative estimate of drug-likeness (QED) is 0.653. The third kappa shape index (κ3) is 1.86. The van der Waals surface area contributed by atoms with Crippen molar-refractivity contribution in [2.45, 2.75) is 26.4 Å². The number of aromatic amines is 1. The van der Waals surface area contributed by atoms with Crippen molar-refractivity contribution >= 4 is 0 Å². The minimum Gasteiger partial charge on any atom is -0.311 e. The molecular formula is C8H13N3O2. The zero-order valence-electron chi connectivity index (χ0n) is 7.70. The first-order chi connectivity index (χ1) is 6.06. The summed E-state index contributed by atoms with van der Waals surface area (Å²) in [7, 11) is 0. The van der Waals surface area contributed by atoms with Gasteiger partial charge in [-0.05, 0) is 13.3 Å². The fourth-order valence-electron chi connectivity index (χ4n) is 1.08. The highest BCUT2D eigenvalue weighted by molar-refractivity contribution is 5.04. The molecule has 1 aromatic heterocycles. The van der Waals surface area contributed by atoms with Crippen LogP contribution in [-0.4, -0.2) is 9.55 Å². The first-order valence-corrected chi connectivity index (χ1v) is 4.16. The SMILES string of the molecule is CCc1cn(C(C)N)c(=O)[nH]c1=O. The molecule has 1 rings (SSSR count). The predicted octanol–water partition coefficient (Wildman–Crippen LogP) is -0.424. The lowest BCUT2D eigenvalue weighted by Gasteiger charge is -2.09. The first-order valence-electron chi connectivity index (χ1n) is 4.16. The summed E-state index contributed by atoms with van der Waals surface area (Å²) >= 11 is 0. The zero-order valence-corrected chi connectivity index (χ0v) is 7.70. The van der Waals surface area contributed by atoms with Gasteiger partial charge < -0.3 is 5.73 Å². The van der Waals surface area contributed by atoms with E-state index in [1.54, 1.807) is 6.92 Å². The Hall–Kier alpha value is -1.36. The molecule has 3 N–H and O–H groups in total. The highest BCUT2D eigenvalue weighted by Crippen LogP contribution is 1.93. The van der Waals surface area contributed by atoms with Crippen molar-refractivity contribution in [3.05, 3.63) is 32.6 Å². The predicted molar refractivity (Wildman–Crippen MR) is 49.6 cm³/mol. The van der Waals surface area contributed by atoms with E-state index in [0.29, 0.717) is 12.0 Å². The number of nitrogens with two attached hydrogens (primary N) is 1. The van der Waals surface area contributed by atoms with E-state index < -0.39 is 11.9 Å². The first kappa shape index (κ1) is 9.73. The molecular weight excluding hydrogens is 170 g/mol. The average Bonchev–Trinajstić information content (AvgIpc) is 2.03. The third-order valence-electron chi connectivity index (χ3n) is 1.86. The number of nitrogens with one attached hydrogen (secondary N) is 1. The molecule has 0 aromatic carbocycles. The summed E-state index contributed by atoms with van der Waals surface area (Å²) in [5.41, 5.74) is 5.31. The van der Waals surface area contributed by atoms with Gasteiger partial charge in [-0.2, -0.15) is 0 Å². The molecule has 1 unspecified atom stereocenters. The molecule has 0 saturated heterocycles. The van der Waals surface area contributed by atoms with E-state index in [-0.39, 0.29) is 5.56 Å². The minimum atomic E-state index is -0.461. The fraction of sp³-hybridized carbons (Fsp3) is 0.500. The van der Waals surface area contributed by atoms with Gasteiger partial charge in [0, 0.05) is 11.8 Å². The van der Waals surface area contributed by atoms with Crippen LogP contribution in [0.15, 0.2) is 15.8 Å². The second-order valence-electron chi connectivity index (χ2n) is 2.92. The maximum absolute atomic E-state index is 11.2. The topological polar surface area (TPSA) is 80.9 Å². The van der Waals surface area contributed by atoms with Gasteiger partial charge in [0.05, 0.1) is 6.17 Å². The molecule has 13 heavy (non-hydrogen) atoms. The summed E-state index contributed by atoms with van der Waals surface area (Å²) in [6.07, 6.45) is 1.67. The number of nitrogens with zero attached hydrogens (tertiary/aromatic N) is 1. The summed E-state index contributed by atoms with van der Waals surface area (Å²) in [6, 6.07) is 0. The van der Waals surface area contributed by atoms with Crippen LogP contribution in [0.1, 0.15) is 25.6 Å². The van der Waals surface area contributed by atoms with E-state index in [1.165, 1.54) is 10.8 Å². The number of aromatic nitrogens is 2. The lowest BCUT2D eigenvalue weighted by Crippen LogP contribution is -2.35. The van der Waals surface area contributed by atoms with E-state index in [1.807, 2.05) is 6.92 Å². The van der Waals surface area contributed by atoms with E-state index in [0.717, 1.165) is 0 Å². The van der Waals surface area contributed by atoms with Crippen LogP contribution in [0, 0.1) is 0 Å². The Morgan fingerprint density at radius 2 is 2.23 bits per heavy atom. The largest absolute Gasteiger partial charge is 0.329 e. The Kier molecular flexibility index (Phi) is 2.67. The van der Waals surface area contributed by atoms with Crippen LogP contribution in [0.4, 0.5) is 0 Å². The maximum atomic E-state index is 11.2. The van der Waals surface area contributed by atoms with Crippen LogP contribution in [-0.2, 0) is 6.42 Å². The molecule has 0 spiro atoms. The summed E-state index contributed by atoms with van der Waals surface area (Å²) < 4.78 is 1.31. The molecule has 0 radical (unpaired) electrons. The molecule has 1 heterocycles. The Balaban J connectivity index is 3.40. The Labute approximate surface area is 75.2 Å². The second kappa shape index (κ2) is 3.57. The molecule has 0 aliphatic heterocycles. The molecule has 0 aliphatic carbocycles. The molecule has 0 amide bonds. The van der Waals surface area contributed by atoms with Crippen molar-refractivity contribution in [3.8, 4) is 0 Å². The summed E-state index contributed by atoms with van der Waals surface area (Å²) in [6.45, 7) is 3.53. The molecule has 0 aliphatic rings. The van der Waals surface area contributed by atoms with Gasteiger partial charge in [-0.25, -0.2) is 4.79 Å². The fourth-order valence-corrected chi connectivity index (χ4v) is 1.08. The number of rotatable bonds is 2. The van der Waals surface area contributed by atoms with Crippen molar-refractivity contribution < 1.29 is 0 Å². The molecule has 0 saturated carbocycles. The second-order valence-corrected chi connectivity index (χ2v) is 2.92. The Morgan fingerprint density at radius 1 is 1.62 bits per heavy atom. The smallest absolute Gasteiger partial charge is 0.311 e. The normalized spacial score (nSPS) is 12.8. The highest BCUT2D eigenvalue weighted by Gasteiger charge is 2.04. The van der Waals surface area contributed by atoms with Gasteiger partial charge in [-0.3, -0.25) is 14.3 Å². The minimum absolute atomic E-state index is 0.329. The van der Waals surface area contributed by atoms with E-state index in [4.69, 9.17) is 5.73 Å². The molecule has 1 aromatic rings. The van der Waals surface area contributed by atoms with Crippen LogP contribution in [0.3, 0.4) is 0 Å². The molecule has 5 heteroatoms. The molecule has 1 atom stereocenters. The van der Waals surface area contributed by atoms with Crippen molar-refractivity contribution in [2.75, 3.05) is 0 Å². The van der Waals surface area contributed by atoms with E-state index >= 15 is 0 Å². The van der Waals surface area contributed by atoms with E-state index in [9.17, 15) is 9.59 Å². The number of hydrogen-bond donors (Lipinski definition) is 2. The summed E-state index contributed by atoms with van der Waals surface area (Å²) in [5.74, 6) is 0. The summed E-state index contributed by atoms with van der Waals surface area (Å²) in [5, 5.41) is 0. The van der Waals surface area contributed by atoms with Crippen LogP contribution in [0.2, 0.25) is 0 Å². The van der Waals surface area contributed by atoms with Crippen molar-refractivity contribution in [3.63, 3.8) is 0 Å². The molecule has 0 bridgehead atoms. The molecule has 72 valence electrons. The highest BCUT2D eigenvalue weighted by atomic mass is 16.2. The van der Waals surface area contributed by atoms with Gasteiger partial charge in [0.1, 0.15) is 0 Å². The molecule has 5 nitrogen and oxygen atoms in total. The number of H-pyrrole nitrogens is 1. The van der Waals surface area contributed by atoms with Crippen molar-refractivity contribution in [1.82, 2.24) is 9.55 Å². The lowest BCUT2D eigenvalue weighted by molar-refractivity contribution is 0.532. The van der Waals surface area contributed by atoms with Gasteiger partial charge in [-0.1, -0.05) is 6.92 Å². The van der Waals surface area contributed by atoms with Crippen molar-refractivity contribution in [1.29, 1.82) is 0 Å². The maximum Gasteiger partial charge on any atom is 0.329 e. The Morgan fingerprint density at radius 3 is 2.69 bits per heavy atom. The lowest BCUT2D eigenvalue weighted by atomic mass is 10.2. The van der Waals surface area contributed by atoms with Gasteiger partial charge in [0.25, 0.3) is 5.56 Å². The van der Waals surface area contributed by atoms with Crippen LogP contribution in [0.25, 0.3) is 0 Å². The van der Waals surface area contributed by atoms with Crippen molar-refractivity contribution in [2.24, 2.45) is 5.73 Å². The summed E-state index contributed by atoms with van der Waals surface area (Å²) in [4.78, 5) is 24.5. The number of hydrogen-bond acceptors (Lipinski definition) is 3.